The van der Waals surface area contributed by atoms with E-state index < -0.39 is 0 Å². The van der Waals surface area contributed by atoms with Crippen molar-refractivity contribution in [3.8, 4) is 0 Å². The van der Waals surface area contributed by atoms with Gasteiger partial charge in [-0.2, -0.15) is 0 Å². The van der Waals surface area contributed by atoms with Gasteiger partial charge in [0.25, 0.3) is 0 Å². The van der Waals surface area contributed by atoms with Crippen molar-refractivity contribution in [3.63, 3.8) is 0 Å². The zero-order chi connectivity index (χ0) is 11.8. The number of ether oxygens (including phenoxy) is 1. The molecule has 0 aromatic rings. The van der Waals surface area contributed by atoms with Crippen LogP contribution in [0.5, 0.6) is 0 Å². The maximum absolute atomic E-state index is 5.55. The number of nitrogens with zero attached hydrogens (tertiary/aromatic N) is 2. The van der Waals surface area contributed by atoms with Gasteiger partial charge in [-0.15, -0.1) is 6.58 Å². The molecule has 0 aliphatic carbocycles. The molecule has 1 unspecified atom stereocenters. The molecule has 0 spiro atoms. The van der Waals surface area contributed by atoms with Crippen LogP contribution in [0, 0.1) is 0 Å². The Morgan fingerprint density at radius 1 is 1.75 bits per heavy atom. The van der Waals surface area contributed by atoms with Crippen molar-refractivity contribution in [2.24, 2.45) is 4.99 Å². The molecule has 0 amide bonds. The van der Waals surface area contributed by atoms with Gasteiger partial charge in [0, 0.05) is 6.54 Å². The van der Waals surface area contributed by atoms with Gasteiger partial charge in [-0.1, -0.05) is 12.2 Å². The third-order valence-electron chi connectivity index (χ3n) is 2.20. The van der Waals surface area contributed by atoms with Gasteiger partial charge in [0.05, 0.1) is 18.9 Å². The van der Waals surface area contributed by atoms with E-state index in [4.69, 9.17) is 4.74 Å². The summed E-state index contributed by atoms with van der Waals surface area (Å²) in [6.07, 6.45) is 7.37. The van der Waals surface area contributed by atoms with Crippen molar-refractivity contribution < 1.29 is 4.74 Å². The van der Waals surface area contributed by atoms with E-state index >= 15 is 0 Å². The number of hydrogen-bond donors (Lipinski definition) is 1. The maximum Gasteiger partial charge on any atom is 0.187 e. The van der Waals surface area contributed by atoms with Crippen LogP contribution in [0.1, 0.15) is 6.92 Å². The van der Waals surface area contributed by atoms with Crippen molar-refractivity contribution in [1.29, 1.82) is 0 Å². The lowest BCUT2D eigenvalue weighted by Gasteiger charge is -2.20. The monoisotopic (exact) mass is 221 g/mol. The van der Waals surface area contributed by atoms with Gasteiger partial charge in [0.15, 0.2) is 5.88 Å². The van der Waals surface area contributed by atoms with Crippen LogP contribution in [-0.2, 0) is 4.74 Å². The van der Waals surface area contributed by atoms with Crippen LogP contribution in [0.4, 0.5) is 0 Å². The number of hydrogen-bond acceptors (Lipinski definition) is 4. The number of aliphatic imine (C=N–C) groups is 1. The fraction of sp³-hybridized carbons (Fsp3) is 0.417. The molecule has 1 atom stereocenters. The minimum atomic E-state index is 0.0903. The molecule has 0 saturated carbocycles. The highest BCUT2D eigenvalue weighted by Crippen LogP contribution is 2.05. The van der Waals surface area contributed by atoms with E-state index in [0.717, 1.165) is 13.1 Å². The summed E-state index contributed by atoms with van der Waals surface area (Å²) in [5.41, 5.74) is 0. The quantitative estimate of drug-likeness (QED) is 0.523. The van der Waals surface area contributed by atoms with E-state index in [1.165, 1.54) is 0 Å². The second kappa shape index (κ2) is 6.71. The summed E-state index contributed by atoms with van der Waals surface area (Å²) in [7, 11) is 0. The molecule has 1 heterocycles. The van der Waals surface area contributed by atoms with Gasteiger partial charge in [-0.25, -0.2) is 0 Å². The summed E-state index contributed by atoms with van der Waals surface area (Å²) in [6, 6.07) is 0.0903. The smallest absolute Gasteiger partial charge is 0.187 e. The Kier molecular flexibility index (Phi) is 5.19. The van der Waals surface area contributed by atoms with E-state index in [-0.39, 0.29) is 6.04 Å². The molecule has 0 bridgehead atoms. The minimum Gasteiger partial charge on any atom is -0.477 e. The van der Waals surface area contributed by atoms with E-state index in [1.807, 2.05) is 30.2 Å². The Morgan fingerprint density at radius 3 is 3.12 bits per heavy atom. The summed E-state index contributed by atoms with van der Waals surface area (Å²) in [5.74, 6) is 0.635. The molecular formula is C12H19N3O. The predicted octanol–water partition coefficient (Wildman–Crippen LogP) is 1.50. The summed E-state index contributed by atoms with van der Waals surface area (Å²) in [4.78, 5) is 5.99. The lowest BCUT2D eigenvalue weighted by molar-refractivity contribution is 0.146. The molecule has 0 saturated heterocycles. The topological polar surface area (TPSA) is 36.9 Å². The van der Waals surface area contributed by atoms with Gasteiger partial charge >= 0.3 is 0 Å². The first-order valence-corrected chi connectivity index (χ1v) is 5.36. The SMILES string of the molecule is C=CC(COC(=C)N1C=NCC1)N/C=C\C. The summed E-state index contributed by atoms with van der Waals surface area (Å²) >= 11 is 0. The third-order valence-corrected chi connectivity index (χ3v) is 2.20. The summed E-state index contributed by atoms with van der Waals surface area (Å²) in [5, 5.41) is 3.15. The zero-order valence-corrected chi connectivity index (χ0v) is 9.72. The Bertz CT molecular complexity index is 297. The molecule has 1 aliphatic heterocycles. The van der Waals surface area contributed by atoms with Crippen molar-refractivity contribution in [3.05, 3.63) is 37.4 Å². The van der Waals surface area contributed by atoms with Crippen LogP contribution in [0.25, 0.3) is 0 Å². The average Bonchev–Trinajstić information content (AvgIpc) is 2.82. The second-order valence-electron chi connectivity index (χ2n) is 3.43. The molecule has 16 heavy (non-hydrogen) atoms. The van der Waals surface area contributed by atoms with E-state index in [1.54, 1.807) is 6.34 Å². The molecule has 88 valence electrons. The van der Waals surface area contributed by atoms with E-state index in [2.05, 4.69) is 23.5 Å². The van der Waals surface area contributed by atoms with Crippen molar-refractivity contribution in [2.75, 3.05) is 19.7 Å². The molecule has 1 N–H and O–H groups in total. The largest absolute Gasteiger partial charge is 0.477 e. The Balaban J connectivity index is 2.28. The van der Waals surface area contributed by atoms with Gasteiger partial charge in [-0.05, 0) is 19.7 Å². The lowest BCUT2D eigenvalue weighted by atomic mass is 10.3. The Labute approximate surface area is 97.0 Å². The second-order valence-corrected chi connectivity index (χ2v) is 3.43. The van der Waals surface area contributed by atoms with Gasteiger partial charge in [0.1, 0.15) is 6.61 Å². The molecule has 0 fully saturated rings. The fourth-order valence-corrected chi connectivity index (χ4v) is 1.24. The van der Waals surface area contributed by atoms with Crippen LogP contribution in [-0.4, -0.2) is 37.0 Å². The maximum atomic E-state index is 5.55. The average molecular weight is 221 g/mol. The molecule has 1 rings (SSSR count). The van der Waals surface area contributed by atoms with Crippen LogP contribution < -0.4 is 5.32 Å². The molecule has 1 aliphatic rings. The van der Waals surface area contributed by atoms with E-state index in [9.17, 15) is 0 Å². The first kappa shape index (κ1) is 12.4. The number of nitrogens with one attached hydrogen (secondary N) is 1. The van der Waals surface area contributed by atoms with Crippen molar-refractivity contribution in [2.45, 2.75) is 13.0 Å². The molecule has 0 aromatic carbocycles. The van der Waals surface area contributed by atoms with Gasteiger partial charge in [-0.3, -0.25) is 4.99 Å². The van der Waals surface area contributed by atoms with Crippen LogP contribution in [0.2, 0.25) is 0 Å². The van der Waals surface area contributed by atoms with Crippen LogP contribution in [0.3, 0.4) is 0 Å². The van der Waals surface area contributed by atoms with Gasteiger partial charge in [0.2, 0.25) is 0 Å². The molecular weight excluding hydrogens is 202 g/mol. The number of rotatable bonds is 7. The molecule has 4 heteroatoms. The third kappa shape index (κ3) is 3.81. The highest BCUT2D eigenvalue weighted by Gasteiger charge is 2.11. The van der Waals surface area contributed by atoms with Crippen molar-refractivity contribution in [1.82, 2.24) is 10.2 Å². The minimum absolute atomic E-state index is 0.0903. The summed E-state index contributed by atoms with van der Waals surface area (Å²) < 4.78 is 5.55. The standard InChI is InChI=1S/C12H19N3O/c1-4-6-14-12(5-2)9-16-11(3)15-8-7-13-10-15/h4-6,10,12,14H,2-3,7-9H2,1H3/b6-4-. The van der Waals surface area contributed by atoms with E-state index in [0.29, 0.717) is 12.5 Å². The molecule has 0 radical (unpaired) electrons. The molecule has 0 aromatic heterocycles. The Hall–Kier alpha value is -1.71. The fourth-order valence-electron chi connectivity index (χ4n) is 1.24. The molecule has 4 nitrogen and oxygen atoms in total. The summed E-state index contributed by atoms with van der Waals surface area (Å²) in [6.45, 7) is 11.7. The van der Waals surface area contributed by atoms with Crippen molar-refractivity contribution >= 4 is 6.34 Å². The highest BCUT2D eigenvalue weighted by atomic mass is 16.5. The predicted molar refractivity (Wildman–Crippen MR) is 67.1 cm³/mol. The van der Waals surface area contributed by atoms with Crippen LogP contribution in [0.15, 0.2) is 42.4 Å². The van der Waals surface area contributed by atoms with Gasteiger partial charge < -0.3 is 15.0 Å². The Morgan fingerprint density at radius 2 is 2.56 bits per heavy atom. The zero-order valence-electron chi connectivity index (χ0n) is 9.72. The highest BCUT2D eigenvalue weighted by molar-refractivity contribution is 5.59. The normalized spacial score (nSPS) is 16.4. The number of allylic oxidation sites excluding steroid dienone is 1. The first-order valence-electron chi connectivity index (χ1n) is 5.36. The van der Waals surface area contributed by atoms with Crippen LogP contribution >= 0.6 is 0 Å². The first-order chi connectivity index (χ1) is 7.77. The lowest BCUT2D eigenvalue weighted by Crippen LogP contribution is -2.29.